The molecule has 0 radical (unpaired) electrons. The Morgan fingerprint density at radius 3 is 2.29 bits per heavy atom. The third-order valence-electron chi connectivity index (χ3n) is 2.08. The lowest BCUT2D eigenvalue weighted by Gasteiger charge is -2.03. The fraction of sp³-hybridized carbons (Fsp3) is 0.400. The van der Waals surface area contributed by atoms with Crippen LogP contribution in [0, 0.1) is 0 Å². The van der Waals surface area contributed by atoms with Crippen LogP contribution in [0.5, 0.6) is 0 Å². The molecular formula is C15H25N2+. The van der Waals surface area contributed by atoms with Gasteiger partial charge >= 0.3 is 0 Å². The van der Waals surface area contributed by atoms with Crippen LogP contribution in [0.3, 0.4) is 0 Å². The van der Waals surface area contributed by atoms with E-state index in [2.05, 4.69) is 68.2 Å². The molecule has 0 aromatic rings. The summed E-state index contributed by atoms with van der Waals surface area (Å²) in [7, 11) is 6.03. The molecule has 0 aromatic heterocycles. The fourth-order valence-corrected chi connectivity index (χ4v) is 1.13. The molecule has 0 saturated carbocycles. The first kappa shape index (κ1) is 15.6. The van der Waals surface area contributed by atoms with Crippen LogP contribution in [-0.2, 0) is 0 Å². The van der Waals surface area contributed by atoms with Gasteiger partial charge in [-0.3, -0.25) is 4.99 Å². The van der Waals surface area contributed by atoms with E-state index in [1.807, 2.05) is 19.3 Å². The summed E-state index contributed by atoms with van der Waals surface area (Å²) in [5.41, 5.74) is 2.48. The highest BCUT2D eigenvalue weighted by Gasteiger charge is 1.83. The predicted octanol–water partition coefficient (Wildman–Crippen LogP) is 1.33. The molecule has 0 amide bonds. The van der Waals surface area contributed by atoms with Crippen molar-refractivity contribution < 1.29 is 4.99 Å². The first-order valence-corrected chi connectivity index (χ1v) is 5.90. The van der Waals surface area contributed by atoms with Crippen molar-refractivity contribution in [2.24, 2.45) is 0 Å². The van der Waals surface area contributed by atoms with Crippen LogP contribution in [0.25, 0.3) is 0 Å². The minimum atomic E-state index is 0.977. The number of nitrogens with zero attached hydrogens (tertiary/aromatic N) is 1. The van der Waals surface area contributed by atoms with Gasteiger partial charge < -0.3 is 4.90 Å². The molecule has 17 heavy (non-hydrogen) atoms. The van der Waals surface area contributed by atoms with E-state index >= 15 is 0 Å². The monoisotopic (exact) mass is 233 g/mol. The highest BCUT2D eigenvalue weighted by molar-refractivity contribution is 5.67. The Labute approximate surface area is 106 Å². The van der Waals surface area contributed by atoms with Crippen LogP contribution in [0.1, 0.15) is 13.8 Å². The van der Waals surface area contributed by atoms with Crippen LogP contribution in [0.2, 0.25) is 0 Å². The Balaban J connectivity index is 4.23. The summed E-state index contributed by atoms with van der Waals surface area (Å²) in [5.74, 6) is 0. The molecule has 94 valence electrons. The molecule has 0 aliphatic rings. The number of hydrogen-bond acceptors (Lipinski definition) is 1. The molecule has 1 N–H and O–H groups in total. The summed E-state index contributed by atoms with van der Waals surface area (Å²) in [4.78, 5) is 5.11. The molecule has 0 unspecified atom stereocenters. The molecule has 0 rings (SSSR count). The van der Waals surface area contributed by atoms with E-state index < -0.39 is 0 Å². The van der Waals surface area contributed by atoms with Gasteiger partial charge in [0.05, 0.1) is 0 Å². The predicted molar refractivity (Wildman–Crippen MR) is 77.3 cm³/mol. The van der Waals surface area contributed by atoms with Crippen molar-refractivity contribution in [3.8, 4) is 0 Å². The molecular weight excluding hydrogens is 208 g/mol. The Kier molecular flexibility index (Phi) is 8.98. The highest BCUT2D eigenvalue weighted by Crippen LogP contribution is 1.98. The summed E-state index contributed by atoms with van der Waals surface area (Å²) in [6.07, 6.45) is 14.6. The third kappa shape index (κ3) is 10.9. The molecule has 0 spiro atoms. The molecule has 2 heteroatoms. The van der Waals surface area contributed by atoms with E-state index in [0.29, 0.717) is 0 Å². The minimum Gasteiger partial charge on any atom is -0.306 e. The van der Waals surface area contributed by atoms with Gasteiger partial charge in [-0.1, -0.05) is 36.0 Å². The molecule has 0 fully saturated rings. The quantitative estimate of drug-likeness (QED) is 0.541. The Morgan fingerprint density at radius 2 is 1.71 bits per heavy atom. The molecule has 0 aromatic carbocycles. The standard InChI is InChI=1S/C15H24N2/c1-14(10-7-13-17(4)5)8-6-9-15(2)11-12-16-3/h6-12H,13H2,1-5H3/p+1/b9-6?,10-7?,14-8?,15-11+,16-12?. The number of allylic oxidation sites excluding steroid dienone is 7. The molecule has 0 atom stereocenters. The van der Waals surface area contributed by atoms with Gasteiger partial charge in [-0.2, -0.15) is 0 Å². The SMILES string of the molecule is C[NH+]=C/C=C(\C)C=CC=C(C)C=CCN(C)C. The lowest BCUT2D eigenvalue weighted by atomic mass is 10.2. The van der Waals surface area contributed by atoms with Gasteiger partial charge in [-0.25, -0.2) is 0 Å². The molecule has 0 aliphatic heterocycles. The van der Waals surface area contributed by atoms with Gasteiger partial charge in [-0.05, 0) is 33.5 Å². The molecule has 0 bridgehead atoms. The lowest BCUT2D eigenvalue weighted by Crippen LogP contribution is -2.62. The van der Waals surface area contributed by atoms with Crippen molar-refractivity contribution in [3.63, 3.8) is 0 Å². The second kappa shape index (κ2) is 9.79. The number of rotatable bonds is 6. The molecule has 0 saturated heterocycles. The van der Waals surface area contributed by atoms with E-state index in [1.54, 1.807) is 0 Å². The maximum Gasteiger partial charge on any atom is 0.161 e. The zero-order valence-electron chi connectivity index (χ0n) is 11.7. The van der Waals surface area contributed by atoms with Crippen molar-refractivity contribution >= 4 is 6.21 Å². The summed E-state index contributed by atoms with van der Waals surface area (Å²) in [6, 6.07) is 0. The van der Waals surface area contributed by atoms with Crippen molar-refractivity contribution in [3.05, 3.63) is 47.6 Å². The van der Waals surface area contributed by atoms with Crippen LogP contribution < -0.4 is 4.99 Å². The molecule has 2 nitrogen and oxygen atoms in total. The van der Waals surface area contributed by atoms with Gasteiger partial charge in [0.2, 0.25) is 0 Å². The average Bonchev–Trinajstić information content (AvgIpc) is 2.25. The van der Waals surface area contributed by atoms with E-state index in [-0.39, 0.29) is 0 Å². The summed E-state index contributed by atoms with van der Waals surface area (Å²) < 4.78 is 0. The maximum atomic E-state index is 2.97. The fourth-order valence-electron chi connectivity index (χ4n) is 1.13. The van der Waals surface area contributed by atoms with Crippen molar-refractivity contribution in [2.45, 2.75) is 13.8 Å². The smallest absolute Gasteiger partial charge is 0.161 e. The van der Waals surface area contributed by atoms with Crippen LogP contribution in [0.15, 0.2) is 47.6 Å². The van der Waals surface area contributed by atoms with Crippen LogP contribution in [0.4, 0.5) is 0 Å². The normalized spacial score (nSPS) is 14.9. The van der Waals surface area contributed by atoms with Crippen LogP contribution in [-0.4, -0.2) is 38.8 Å². The summed E-state index contributed by atoms with van der Waals surface area (Å²) in [5, 5.41) is 0. The molecule has 0 aliphatic carbocycles. The second-order valence-corrected chi connectivity index (χ2v) is 4.30. The summed E-state index contributed by atoms with van der Waals surface area (Å²) in [6.45, 7) is 5.16. The van der Waals surface area contributed by atoms with Gasteiger partial charge in [0.1, 0.15) is 7.05 Å². The maximum absolute atomic E-state index is 2.97. The molecule has 0 heterocycles. The minimum absolute atomic E-state index is 0.977. The Hall–Kier alpha value is -1.41. The van der Waals surface area contributed by atoms with E-state index in [0.717, 1.165) is 6.54 Å². The lowest BCUT2D eigenvalue weighted by molar-refractivity contribution is -0.413. The van der Waals surface area contributed by atoms with Crippen LogP contribution >= 0.6 is 0 Å². The zero-order valence-corrected chi connectivity index (χ0v) is 11.7. The Bertz CT molecular complexity index is 342. The average molecular weight is 233 g/mol. The van der Waals surface area contributed by atoms with E-state index in [1.165, 1.54) is 11.1 Å². The summed E-state index contributed by atoms with van der Waals surface area (Å²) >= 11 is 0. The largest absolute Gasteiger partial charge is 0.306 e. The van der Waals surface area contributed by atoms with Crippen molar-refractivity contribution in [2.75, 3.05) is 27.7 Å². The highest BCUT2D eigenvalue weighted by atomic mass is 15.0. The zero-order chi connectivity index (χ0) is 13.1. The van der Waals surface area contributed by atoms with E-state index in [4.69, 9.17) is 0 Å². The van der Waals surface area contributed by atoms with Gasteiger partial charge in [0, 0.05) is 12.6 Å². The van der Waals surface area contributed by atoms with Gasteiger partial charge in [0.15, 0.2) is 6.21 Å². The Morgan fingerprint density at radius 1 is 1.06 bits per heavy atom. The van der Waals surface area contributed by atoms with Gasteiger partial charge in [0.25, 0.3) is 0 Å². The van der Waals surface area contributed by atoms with Crippen molar-refractivity contribution in [1.29, 1.82) is 0 Å². The number of hydrogen-bond donors (Lipinski definition) is 1. The third-order valence-corrected chi connectivity index (χ3v) is 2.08. The van der Waals surface area contributed by atoms with E-state index in [9.17, 15) is 0 Å². The number of nitrogens with one attached hydrogen (secondary N) is 1. The topological polar surface area (TPSA) is 17.2 Å². The van der Waals surface area contributed by atoms with Gasteiger partial charge in [-0.15, -0.1) is 0 Å². The van der Waals surface area contributed by atoms with Crippen molar-refractivity contribution in [1.82, 2.24) is 4.90 Å². The first-order chi connectivity index (χ1) is 8.06. The second-order valence-electron chi connectivity index (χ2n) is 4.30. The first-order valence-electron chi connectivity index (χ1n) is 5.90. The number of likely N-dealkylation sites (N-methyl/N-ethyl adjacent to an activating group) is 1.